The van der Waals surface area contributed by atoms with E-state index in [1.54, 1.807) is 7.11 Å². The van der Waals surface area contributed by atoms with Gasteiger partial charge in [-0.25, -0.2) is 0 Å². The summed E-state index contributed by atoms with van der Waals surface area (Å²) in [5.74, 6) is 1.69. The highest BCUT2D eigenvalue weighted by molar-refractivity contribution is 6.30. The quantitative estimate of drug-likeness (QED) is 0.394. The molecule has 1 N–H and O–H groups in total. The standard InChI is InChI=1S/C20H32ClN3O3/c1-16(27-19-7-4-6-17(21)14-19)15-23-20(22-2)24-10-8-18(9-11-24)26-13-5-12-25-3/h4,6-7,14,16,18H,5,8-13,15H2,1-3H3,(H,22,23). The van der Waals surface area contributed by atoms with Gasteiger partial charge in [0.25, 0.3) is 0 Å². The maximum absolute atomic E-state index is 6.00. The Morgan fingerprint density at radius 1 is 1.33 bits per heavy atom. The van der Waals surface area contributed by atoms with Crippen molar-refractivity contribution in [1.82, 2.24) is 10.2 Å². The molecule has 2 rings (SSSR count). The smallest absolute Gasteiger partial charge is 0.193 e. The maximum Gasteiger partial charge on any atom is 0.193 e. The molecule has 1 atom stereocenters. The molecule has 7 heteroatoms. The van der Waals surface area contributed by atoms with Gasteiger partial charge in [-0.15, -0.1) is 0 Å². The molecule has 27 heavy (non-hydrogen) atoms. The van der Waals surface area contributed by atoms with Crippen molar-refractivity contribution in [1.29, 1.82) is 0 Å². The molecule has 1 unspecified atom stereocenters. The van der Waals surface area contributed by atoms with Gasteiger partial charge in [-0.2, -0.15) is 0 Å². The van der Waals surface area contributed by atoms with E-state index in [1.807, 2.05) is 38.2 Å². The van der Waals surface area contributed by atoms with Crippen LogP contribution in [-0.4, -0.2) is 70.1 Å². The number of halogens is 1. The molecule has 0 aliphatic carbocycles. The van der Waals surface area contributed by atoms with Gasteiger partial charge in [-0.1, -0.05) is 17.7 Å². The first-order valence-electron chi connectivity index (χ1n) is 9.60. The van der Waals surface area contributed by atoms with Crippen LogP contribution < -0.4 is 10.1 Å². The monoisotopic (exact) mass is 397 g/mol. The first kappa shape index (κ1) is 21.8. The molecule has 0 bridgehead atoms. The van der Waals surface area contributed by atoms with Gasteiger partial charge in [-0.05, 0) is 44.4 Å². The lowest BCUT2D eigenvalue weighted by molar-refractivity contribution is 0.00984. The van der Waals surface area contributed by atoms with Crippen molar-refractivity contribution in [3.05, 3.63) is 29.3 Å². The molecular formula is C20H32ClN3O3. The first-order valence-corrected chi connectivity index (χ1v) is 9.98. The van der Waals surface area contributed by atoms with Crippen molar-refractivity contribution in [3.8, 4) is 5.75 Å². The van der Waals surface area contributed by atoms with Crippen LogP contribution in [0.5, 0.6) is 5.75 Å². The van der Waals surface area contributed by atoms with E-state index in [-0.39, 0.29) is 6.10 Å². The molecule has 0 spiro atoms. The number of likely N-dealkylation sites (tertiary alicyclic amines) is 1. The van der Waals surface area contributed by atoms with Crippen LogP contribution in [0.4, 0.5) is 0 Å². The SMILES string of the molecule is CN=C(NCC(C)Oc1cccc(Cl)c1)N1CCC(OCCCOC)CC1. The fourth-order valence-corrected chi connectivity index (χ4v) is 3.25. The maximum atomic E-state index is 6.00. The van der Waals surface area contributed by atoms with Gasteiger partial charge in [0, 0.05) is 45.5 Å². The summed E-state index contributed by atoms with van der Waals surface area (Å²) < 4.78 is 16.9. The average molecular weight is 398 g/mol. The van der Waals surface area contributed by atoms with Gasteiger partial charge in [-0.3, -0.25) is 4.99 Å². The molecule has 1 fully saturated rings. The number of nitrogens with one attached hydrogen (secondary N) is 1. The number of guanidine groups is 1. The topological polar surface area (TPSA) is 55.3 Å². The lowest BCUT2D eigenvalue weighted by atomic mass is 10.1. The van der Waals surface area contributed by atoms with Crippen LogP contribution in [0.25, 0.3) is 0 Å². The van der Waals surface area contributed by atoms with Gasteiger partial charge >= 0.3 is 0 Å². The Labute approximate surface area is 167 Å². The van der Waals surface area contributed by atoms with Crippen LogP contribution in [-0.2, 0) is 9.47 Å². The molecular weight excluding hydrogens is 366 g/mol. The zero-order valence-corrected chi connectivity index (χ0v) is 17.4. The minimum absolute atomic E-state index is 0.00173. The summed E-state index contributed by atoms with van der Waals surface area (Å²) in [6, 6.07) is 7.46. The van der Waals surface area contributed by atoms with E-state index in [9.17, 15) is 0 Å². The third-order valence-corrected chi connectivity index (χ3v) is 4.72. The fraction of sp³-hybridized carbons (Fsp3) is 0.650. The molecule has 1 aromatic carbocycles. The highest BCUT2D eigenvalue weighted by Crippen LogP contribution is 2.18. The second kappa shape index (κ2) is 12.1. The number of methoxy groups -OCH3 is 1. The number of rotatable bonds is 9. The van der Waals surface area contributed by atoms with E-state index in [0.29, 0.717) is 17.7 Å². The summed E-state index contributed by atoms with van der Waals surface area (Å²) in [7, 11) is 3.54. The Balaban J connectivity index is 1.69. The van der Waals surface area contributed by atoms with Crippen molar-refractivity contribution in [2.24, 2.45) is 4.99 Å². The van der Waals surface area contributed by atoms with Crippen LogP contribution >= 0.6 is 11.6 Å². The van der Waals surface area contributed by atoms with Crippen molar-refractivity contribution in [3.63, 3.8) is 0 Å². The molecule has 152 valence electrons. The van der Waals surface area contributed by atoms with Gasteiger partial charge < -0.3 is 24.4 Å². The molecule has 0 saturated carbocycles. The molecule has 0 aromatic heterocycles. The zero-order chi connectivity index (χ0) is 19.5. The average Bonchev–Trinajstić information content (AvgIpc) is 2.67. The Kier molecular flexibility index (Phi) is 9.73. The Morgan fingerprint density at radius 3 is 2.78 bits per heavy atom. The van der Waals surface area contributed by atoms with Crippen LogP contribution in [0.2, 0.25) is 5.02 Å². The third-order valence-electron chi connectivity index (χ3n) is 4.48. The van der Waals surface area contributed by atoms with Gasteiger partial charge in [0.1, 0.15) is 11.9 Å². The van der Waals surface area contributed by atoms with Crippen molar-refractivity contribution in [2.45, 2.75) is 38.4 Å². The lowest BCUT2D eigenvalue weighted by Crippen LogP contribution is -2.48. The predicted molar refractivity (Wildman–Crippen MR) is 110 cm³/mol. The van der Waals surface area contributed by atoms with Crippen LogP contribution in [0.3, 0.4) is 0 Å². The normalized spacial score (nSPS) is 17.0. The molecule has 0 radical (unpaired) electrons. The predicted octanol–water partition coefficient (Wildman–Crippen LogP) is 3.20. The second-order valence-electron chi connectivity index (χ2n) is 6.72. The highest BCUT2D eigenvalue weighted by Gasteiger charge is 2.22. The largest absolute Gasteiger partial charge is 0.489 e. The number of hydrogen-bond donors (Lipinski definition) is 1. The number of hydrogen-bond acceptors (Lipinski definition) is 4. The highest BCUT2D eigenvalue weighted by atomic mass is 35.5. The number of benzene rings is 1. The molecule has 6 nitrogen and oxygen atoms in total. The van der Waals surface area contributed by atoms with E-state index in [1.165, 1.54) is 0 Å². The Bertz CT molecular complexity index is 577. The van der Waals surface area contributed by atoms with E-state index in [0.717, 1.165) is 57.3 Å². The Morgan fingerprint density at radius 2 is 2.11 bits per heavy atom. The summed E-state index contributed by atoms with van der Waals surface area (Å²) in [6.45, 7) is 6.11. The molecule has 1 heterocycles. The van der Waals surface area contributed by atoms with E-state index in [4.69, 9.17) is 25.8 Å². The molecule has 1 aliphatic heterocycles. The van der Waals surface area contributed by atoms with Crippen molar-refractivity contribution in [2.75, 3.05) is 47.0 Å². The molecule has 1 aromatic rings. The van der Waals surface area contributed by atoms with E-state index < -0.39 is 0 Å². The van der Waals surface area contributed by atoms with Gasteiger partial charge in [0.2, 0.25) is 0 Å². The minimum atomic E-state index is 0.00173. The van der Waals surface area contributed by atoms with Crippen molar-refractivity contribution >= 4 is 17.6 Å². The summed E-state index contributed by atoms with van der Waals surface area (Å²) in [5.41, 5.74) is 0. The summed E-state index contributed by atoms with van der Waals surface area (Å²) in [4.78, 5) is 6.69. The van der Waals surface area contributed by atoms with Crippen LogP contribution in [0, 0.1) is 0 Å². The minimum Gasteiger partial charge on any atom is -0.489 e. The number of aliphatic imine (C=N–C) groups is 1. The number of ether oxygens (including phenoxy) is 3. The summed E-state index contributed by atoms with van der Waals surface area (Å²) >= 11 is 6.00. The molecule has 1 saturated heterocycles. The van der Waals surface area contributed by atoms with E-state index >= 15 is 0 Å². The second-order valence-corrected chi connectivity index (χ2v) is 7.15. The third kappa shape index (κ3) is 7.95. The van der Waals surface area contributed by atoms with Gasteiger partial charge in [0.15, 0.2) is 5.96 Å². The van der Waals surface area contributed by atoms with Crippen LogP contribution in [0.15, 0.2) is 29.3 Å². The van der Waals surface area contributed by atoms with Gasteiger partial charge in [0.05, 0.1) is 12.6 Å². The first-order chi connectivity index (χ1) is 13.1. The zero-order valence-electron chi connectivity index (χ0n) is 16.6. The molecule has 0 amide bonds. The Hall–Kier alpha value is -1.50. The summed E-state index contributed by atoms with van der Waals surface area (Å²) in [5, 5.41) is 4.09. The lowest BCUT2D eigenvalue weighted by Gasteiger charge is -2.34. The molecule has 1 aliphatic rings. The van der Waals surface area contributed by atoms with E-state index in [2.05, 4.69) is 15.2 Å². The summed E-state index contributed by atoms with van der Waals surface area (Å²) in [6.07, 6.45) is 3.32. The van der Waals surface area contributed by atoms with Crippen molar-refractivity contribution < 1.29 is 14.2 Å². The van der Waals surface area contributed by atoms with Crippen LogP contribution in [0.1, 0.15) is 26.2 Å². The fourth-order valence-electron chi connectivity index (χ4n) is 3.07. The number of nitrogens with zero attached hydrogens (tertiary/aromatic N) is 2. The number of piperidine rings is 1.